The molecule has 1 aliphatic rings. The molecule has 0 aliphatic carbocycles. The van der Waals surface area contributed by atoms with E-state index in [-0.39, 0.29) is 17.6 Å². The normalized spacial score (nSPS) is 17.2. The van der Waals surface area contributed by atoms with E-state index in [1.54, 1.807) is 31.4 Å². The van der Waals surface area contributed by atoms with Gasteiger partial charge >= 0.3 is 0 Å². The number of hydrogen-bond acceptors (Lipinski definition) is 4. The van der Waals surface area contributed by atoms with Gasteiger partial charge in [0.05, 0.1) is 0 Å². The van der Waals surface area contributed by atoms with Crippen LogP contribution in [0.5, 0.6) is 5.75 Å². The van der Waals surface area contributed by atoms with Gasteiger partial charge in [-0.15, -0.1) is 0 Å². The third-order valence-electron chi connectivity index (χ3n) is 4.66. The fraction of sp³-hybridized carbons (Fsp3) is 0.400. The summed E-state index contributed by atoms with van der Waals surface area (Å²) in [5.41, 5.74) is 1.20. The second kappa shape index (κ2) is 9.21. The van der Waals surface area contributed by atoms with Gasteiger partial charge in [0.15, 0.2) is 17.6 Å². The minimum atomic E-state index is -0.283. The number of guanidine groups is 1. The van der Waals surface area contributed by atoms with Crippen LogP contribution in [0.25, 0.3) is 0 Å². The Kier molecular flexibility index (Phi) is 6.46. The summed E-state index contributed by atoms with van der Waals surface area (Å²) >= 11 is 0. The Hall–Kier alpha value is -2.83. The number of hydrogen-bond donors (Lipinski definition) is 3. The summed E-state index contributed by atoms with van der Waals surface area (Å²) in [5.74, 6) is 1.18. The number of anilines is 1. The number of aromatic hydroxyl groups is 1. The van der Waals surface area contributed by atoms with Crippen LogP contribution in [0, 0.1) is 5.82 Å². The average molecular weight is 371 g/mol. The van der Waals surface area contributed by atoms with Gasteiger partial charge in [0.1, 0.15) is 5.75 Å². The van der Waals surface area contributed by atoms with Crippen molar-refractivity contribution in [3.8, 4) is 5.75 Å². The monoisotopic (exact) mass is 371 g/mol. The largest absolute Gasteiger partial charge is 0.508 e. The number of aryl methyl sites for hydroxylation is 1. The van der Waals surface area contributed by atoms with E-state index in [0.29, 0.717) is 12.4 Å². The maximum absolute atomic E-state index is 13.9. The maximum Gasteiger partial charge on any atom is 0.191 e. The number of phenolic OH excluding ortho intramolecular Hbond substituents is 1. The zero-order valence-electron chi connectivity index (χ0n) is 15.5. The van der Waals surface area contributed by atoms with Gasteiger partial charge in [-0.25, -0.2) is 9.37 Å². The van der Waals surface area contributed by atoms with E-state index in [9.17, 15) is 9.50 Å². The van der Waals surface area contributed by atoms with Gasteiger partial charge in [0.25, 0.3) is 0 Å². The predicted octanol–water partition coefficient (Wildman–Crippen LogP) is 2.30. The number of nitrogens with one attached hydrogen (secondary N) is 2. The molecule has 0 bridgehead atoms. The molecule has 1 unspecified atom stereocenters. The van der Waals surface area contributed by atoms with Gasteiger partial charge in [0, 0.05) is 38.9 Å². The van der Waals surface area contributed by atoms with Gasteiger partial charge < -0.3 is 20.6 Å². The molecule has 1 aliphatic heterocycles. The van der Waals surface area contributed by atoms with Crippen LogP contribution in [-0.4, -0.2) is 48.8 Å². The number of pyridine rings is 1. The van der Waals surface area contributed by atoms with Crippen molar-refractivity contribution >= 4 is 11.8 Å². The minimum Gasteiger partial charge on any atom is -0.508 e. The van der Waals surface area contributed by atoms with Gasteiger partial charge in [-0.1, -0.05) is 12.1 Å². The molecule has 0 amide bonds. The van der Waals surface area contributed by atoms with Crippen LogP contribution in [0.4, 0.5) is 10.2 Å². The van der Waals surface area contributed by atoms with Crippen molar-refractivity contribution in [2.24, 2.45) is 4.99 Å². The third-order valence-corrected chi connectivity index (χ3v) is 4.66. The average Bonchev–Trinajstić information content (AvgIpc) is 3.14. The van der Waals surface area contributed by atoms with Crippen molar-refractivity contribution in [2.45, 2.75) is 25.3 Å². The van der Waals surface area contributed by atoms with E-state index in [4.69, 9.17) is 0 Å². The van der Waals surface area contributed by atoms with Crippen molar-refractivity contribution in [1.82, 2.24) is 15.6 Å². The first kappa shape index (κ1) is 18.9. The molecule has 0 radical (unpaired) electrons. The molecular weight excluding hydrogens is 345 g/mol. The van der Waals surface area contributed by atoms with Gasteiger partial charge in [-0.3, -0.25) is 4.99 Å². The van der Waals surface area contributed by atoms with Crippen LogP contribution in [-0.2, 0) is 6.42 Å². The molecule has 27 heavy (non-hydrogen) atoms. The van der Waals surface area contributed by atoms with Crippen molar-refractivity contribution in [2.75, 3.05) is 31.6 Å². The Morgan fingerprint density at radius 2 is 2.15 bits per heavy atom. The van der Waals surface area contributed by atoms with Crippen LogP contribution < -0.4 is 15.5 Å². The second-order valence-electron chi connectivity index (χ2n) is 6.65. The van der Waals surface area contributed by atoms with Crippen molar-refractivity contribution in [3.63, 3.8) is 0 Å². The number of halogens is 1. The van der Waals surface area contributed by atoms with Crippen molar-refractivity contribution in [1.29, 1.82) is 0 Å². The van der Waals surface area contributed by atoms with E-state index in [0.717, 1.165) is 38.3 Å². The zero-order chi connectivity index (χ0) is 19.1. The highest BCUT2D eigenvalue weighted by atomic mass is 19.1. The molecule has 1 aromatic heterocycles. The molecule has 1 fully saturated rings. The Bertz CT molecular complexity index is 765. The highest BCUT2D eigenvalue weighted by Crippen LogP contribution is 2.20. The van der Waals surface area contributed by atoms with Gasteiger partial charge in [-0.2, -0.15) is 0 Å². The molecule has 7 heteroatoms. The van der Waals surface area contributed by atoms with Gasteiger partial charge in [0.2, 0.25) is 0 Å². The molecule has 6 nitrogen and oxygen atoms in total. The molecule has 1 aromatic carbocycles. The lowest BCUT2D eigenvalue weighted by Gasteiger charge is -2.20. The van der Waals surface area contributed by atoms with E-state index >= 15 is 0 Å². The number of rotatable bonds is 6. The lowest BCUT2D eigenvalue weighted by atomic mass is 10.1. The van der Waals surface area contributed by atoms with Crippen LogP contribution in [0.3, 0.4) is 0 Å². The van der Waals surface area contributed by atoms with Crippen LogP contribution in [0.2, 0.25) is 0 Å². The molecule has 1 saturated heterocycles. The fourth-order valence-corrected chi connectivity index (χ4v) is 3.23. The summed E-state index contributed by atoms with van der Waals surface area (Å²) in [6, 6.07) is 10.5. The highest BCUT2D eigenvalue weighted by molar-refractivity contribution is 5.80. The second-order valence-corrected chi connectivity index (χ2v) is 6.65. The molecule has 144 valence electrons. The molecule has 0 spiro atoms. The number of nitrogens with zero attached hydrogens (tertiary/aromatic N) is 3. The molecule has 1 atom stereocenters. The SMILES string of the molecule is CN=C(NCCCc1ccc(O)cc1)NC1CCN(c2ncccc2F)C1. The van der Waals surface area contributed by atoms with E-state index in [2.05, 4.69) is 20.6 Å². The number of phenols is 1. The Morgan fingerprint density at radius 1 is 1.33 bits per heavy atom. The predicted molar refractivity (Wildman–Crippen MR) is 106 cm³/mol. The zero-order valence-corrected chi connectivity index (χ0v) is 15.5. The Labute approximate surface area is 159 Å². The lowest BCUT2D eigenvalue weighted by Crippen LogP contribution is -2.45. The van der Waals surface area contributed by atoms with Crippen LogP contribution in [0.15, 0.2) is 47.6 Å². The molecule has 3 rings (SSSR count). The summed E-state index contributed by atoms with van der Waals surface area (Å²) < 4.78 is 13.9. The summed E-state index contributed by atoms with van der Waals surface area (Å²) in [4.78, 5) is 10.4. The summed E-state index contributed by atoms with van der Waals surface area (Å²) in [6.45, 7) is 2.26. The van der Waals surface area contributed by atoms with Gasteiger partial charge in [-0.05, 0) is 49.1 Å². The number of benzene rings is 1. The smallest absolute Gasteiger partial charge is 0.191 e. The molecule has 0 saturated carbocycles. The van der Waals surface area contributed by atoms with E-state index < -0.39 is 0 Å². The topological polar surface area (TPSA) is 72.8 Å². The quantitative estimate of drug-likeness (QED) is 0.413. The number of aromatic nitrogens is 1. The first-order valence-electron chi connectivity index (χ1n) is 9.26. The minimum absolute atomic E-state index is 0.203. The first-order chi connectivity index (χ1) is 13.2. The number of aliphatic imine (C=N–C) groups is 1. The molecular formula is C20H26FN5O. The summed E-state index contributed by atoms with van der Waals surface area (Å²) in [5, 5.41) is 16.0. The Balaban J connectivity index is 1.41. The summed E-state index contributed by atoms with van der Waals surface area (Å²) in [7, 11) is 1.75. The van der Waals surface area contributed by atoms with E-state index in [1.807, 2.05) is 17.0 Å². The van der Waals surface area contributed by atoms with Crippen molar-refractivity contribution < 1.29 is 9.50 Å². The Morgan fingerprint density at radius 3 is 2.89 bits per heavy atom. The first-order valence-corrected chi connectivity index (χ1v) is 9.26. The van der Waals surface area contributed by atoms with Crippen molar-refractivity contribution in [3.05, 3.63) is 54.0 Å². The lowest BCUT2D eigenvalue weighted by molar-refractivity contribution is 0.475. The maximum atomic E-state index is 13.9. The third kappa shape index (κ3) is 5.32. The van der Waals surface area contributed by atoms with Crippen LogP contribution >= 0.6 is 0 Å². The highest BCUT2D eigenvalue weighted by Gasteiger charge is 2.25. The van der Waals surface area contributed by atoms with Crippen LogP contribution in [0.1, 0.15) is 18.4 Å². The molecule has 2 aromatic rings. The summed E-state index contributed by atoms with van der Waals surface area (Å²) in [6.07, 6.45) is 4.42. The molecule has 2 heterocycles. The molecule has 3 N–H and O–H groups in total. The van der Waals surface area contributed by atoms with E-state index in [1.165, 1.54) is 11.6 Å². The standard InChI is InChI=1S/C20H26FN5O/c1-22-20(24-12-2-4-15-6-8-17(27)9-7-15)25-16-10-13-26(14-16)19-18(21)5-3-11-23-19/h3,5-9,11,16,27H,2,4,10,12-14H2,1H3,(H2,22,24,25). The fourth-order valence-electron chi connectivity index (χ4n) is 3.23.